The Balaban J connectivity index is 1.89. The number of nitrogens with zero attached hydrogens (tertiary/aromatic N) is 2. The van der Waals surface area contributed by atoms with Crippen molar-refractivity contribution in [3.63, 3.8) is 0 Å². The van der Waals surface area contributed by atoms with Crippen molar-refractivity contribution in [2.75, 3.05) is 0 Å². The summed E-state index contributed by atoms with van der Waals surface area (Å²) >= 11 is 0. The molecule has 0 unspecified atom stereocenters. The van der Waals surface area contributed by atoms with E-state index in [1.165, 1.54) is 4.68 Å². The molecule has 2 aromatic carbocycles. The molecular weight excluding hydrogens is 380 g/mol. The van der Waals surface area contributed by atoms with Crippen LogP contribution in [0.15, 0.2) is 53.3 Å². The van der Waals surface area contributed by atoms with Gasteiger partial charge in [0, 0.05) is 23.9 Å². The summed E-state index contributed by atoms with van der Waals surface area (Å²) in [7, 11) is 0. The average Bonchev–Trinajstić information content (AvgIpc) is 2.78. The number of carbonyl (C=O) groups excluding carboxylic acids is 2. The van der Waals surface area contributed by atoms with E-state index in [4.69, 9.17) is 4.74 Å². The zero-order valence-corrected chi connectivity index (χ0v) is 17.4. The minimum atomic E-state index is -0.636. The Hall–Kier alpha value is -3.28. The predicted octanol–water partition coefficient (Wildman–Crippen LogP) is 4.79. The second kappa shape index (κ2) is 9.96. The number of aryl methyl sites for hydroxylation is 1. The lowest BCUT2D eigenvalue weighted by Gasteiger charge is -2.11. The first kappa shape index (κ1) is 21.4. The molecule has 0 atom stereocenters. The first-order valence-electron chi connectivity index (χ1n) is 10.4. The Labute approximate surface area is 175 Å². The molecule has 0 aliphatic heterocycles. The molecular formula is C24H26N2O4. The number of fused-ring (bicyclic) bond motifs is 1. The molecule has 0 radical (unpaired) electrons. The Kier molecular flexibility index (Phi) is 7.12. The molecule has 0 aliphatic rings. The highest BCUT2D eigenvalue weighted by molar-refractivity contribution is 6.03. The van der Waals surface area contributed by atoms with Crippen molar-refractivity contribution in [1.29, 1.82) is 0 Å². The highest BCUT2D eigenvalue weighted by atomic mass is 16.5. The summed E-state index contributed by atoms with van der Waals surface area (Å²) in [6, 6.07) is 13.4. The molecule has 30 heavy (non-hydrogen) atoms. The van der Waals surface area contributed by atoms with Crippen LogP contribution in [0.25, 0.3) is 10.8 Å². The molecule has 156 valence electrons. The lowest BCUT2D eigenvalue weighted by Crippen LogP contribution is -2.27. The van der Waals surface area contributed by atoms with E-state index in [1.54, 1.807) is 55.5 Å². The van der Waals surface area contributed by atoms with Crippen molar-refractivity contribution in [3.8, 4) is 5.75 Å². The van der Waals surface area contributed by atoms with E-state index in [2.05, 4.69) is 12.0 Å². The summed E-state index contributed by atoms with van der Waals surface area (Å²) in [5.41, 5.74) is 0.469. The number of esters is 1. The number of hydrogen-bond acceptors (Lipinski definition) is 5. The van der Waals surface area contributed by atoms with Crippen LogP contribution in [-0.2, 0) is 6.54 Å². The number of ether oxygens (including phenoxy) is 1. The van der Waals surface area contributed by atoms with Gasteiger partial charge in [0.25, 0.3) is 5.56 Å². The summed E-state index contributed by atoms with van der Waals surface area (Å²) < 4.78 is 6.85. The van der Waals surface area contributed by atoms with E-state index in [1.807, 2.05) is 0 Å². The fourth-order valence-electron chi connectivity index (χ4n) is 3.29. The van der Waals surface area contributed by atoms with Crippen LogP contribution in [0.4, 0.5) is 0 Å². The number of hydrogen-bond donors (Lipinski definition) is 0. The van der Waals surface area contributed by atoms with Crippen molar-refractivity contribution < 1.29 is 14.3 Å². The van der Waals surface area contributed by atoms with E-state index >= 15 is 0 Å². The minimum Gasteiger partial charge on any atom is -0.422 e. The van der Waals surface area contributed by atoms with Gasteiger partial charge in [-0.1, -0.05) is 51.3 Å². The lowest BCUT2D eigenvalue weighted by atomic mass is 10.1. The van der Waals surface area contributed by atoms with E-state index < -0.39 is 5.97 Å². The first-order valence-corrected chi connectivity index (χ1v) is 10.4. The van der Waals surface area contributed by atoms with Crippen molar-refractivity contribution in [1.82, 2.24) is 9.78 Å². The average molecular weight is 406 g/mol. The van der Waals surface area contributed by atoms with E-state index in [9.17, 15) is 14.4 Å². The number of unbranched alkanes of at least 4 members (excludes halogenated alkanes) is 3. The van der Waals surface area contributed by atoms with Crippen LogP contribution in [0.2, 0.25) is 0 Å². The molecule has 0 fully saturated rings. The van der Waals surface area contributed by atoms with Crippen LogP contribution in [0, 0.1) is 0 Å². The Morgan fingerprint density at radius 3 is 2.30 bits per heavy atom. The number of carbonyl (C=O) groups is 2. The van der Waals surface area contributed by atoms with E-state index in [-0.39, 0.29) is 17.0 Å². The third-order valence-electron chi connectivity index (χ3n) is 4.99. The van der Waals surface area contributed by atoms with Crippen molar-refractivity contribution in [2.24, 2.45) is 0 Å². The Morgan fingerprint density at radius 2 is 1.63 bits per heavy atom. The molecule has 0 aliphatic carbocycles. The smallest absolute Gasteiger partial charge is 0.364 e. The molecule has 0 saturated heterocycles. The zero-order chi connectivity index (χ0) is 21.5. The number of Topliss-reactive ketones (excluding diaryl/α,β-unsaturated/α-hetero) is 1. The largest absolute Gasteiger partial charge is 0.422 e. The molecule has 0 spiro atoms. The second-order valence-corrected chi connectivity index (χ2v) is 7.17. The predicted molar refractivity (Wildman–Crippen MR) is 116 cm³/mol. The summed E-state index contributed by atoms with van der Waals surface area (Å²) in [5.74, 6) is -0.294. The minimum absolute atomic E-state index is 0.0238. The maximum absolute atomic E-state index is 12.9. The van der Waals surface area contributed by atoms with Crippen LogP contribution in [0.3, 0.4) is 0 Å². The third kappa shape index (κ3) is 4.82. The summed E-state index contributed by atoms with van der Waals surface area (Å²) in [6.07, 6.45) is 4.42. The Bertz CT molecular complexity index is 1100. The van der Waals surface area contributed by atoms with Gasteiger partial charge in [0.2, 0.25) is 0 Å². The zero-order valence-electron chi connectivity index (χ0n) is 17.4. The molecule has 0 bridgehead atoms. The van der Waals surface area contributed by atoms with Gasteiger partial charge in [0.15, 0.2) is 11.5 Å². The fraction of sp³-hybridized carbons (Fsp3) is 0.333. The first-order chi connectivity index (χ1) is 14.5. The van der Waals surface area contributed by atoms with Gasteiger partial charge in [-0.15, -0.1) is 0 Å². The molecule has 1 aromatic heterocycles. The van der Waals surface area contributed by atoms with Crippen molar-refractivity contribution in [3.05, 3.63) is 70.1 Å². The van der Waals surface area contributed by atoms with Gasteiger partial charge in [-0.05, 0) is 36.8 Å². The van der Waals surface area contributed by atoms with Gasteiger partial charge >= 0.3 is 5.97 Å². The molecule has 1 heterocycles. The normalized spacial score (nSPS) is 10.9. The number of benzene rings is 2. The SMILES string of the molecule is CCCCCCn1nc(C(=O)Oc2ccc(C(=O)CC)cc2)c2ccccc2c1=O. The quantitative estimate of drug-likeness (QED) is 0.221. The molecule has 0 saturated carbocycles. The number of rotatable bonds is 9. The monoisotopic (exact) mass is 406 g/mol. The molecule has 3 rings (SSSR count). The molecule has 0 N–H and O–H groups in total. The van der Waals surface area contributed by atoms with Crippen LogP contribution < -0.4 is 10.3 Å². The maximum atomic E-state index is 12.9. The van der Waals surface area contributed by atoms with Gasteiger partial charge in [-0.3, -0.25) is 9.59 Å². The summed E-state index contributed by atoms with van der Waals surface area (Å²) in [4.78, 5) is 37.4. The van der Waals surface area contributed by atoms with Crippen molar-refractivity contribution >= 4 is 22.5 Å². The summed E-state index contributed by atoms with van der Waals surface area (Å²) in [5, 5.41) is 5.24. The van der Waals surface area contributed by atoms with Crippen LogP contribution in [0.5, 0.6) is 5.75 Å². The fourth-order valence-corrected chi connectivity index (χ4v) is 3.29. The number of ketones is 1. The lowest BCUT2D eigenvalue weighted by molar-refractivity contribution is 0.0728. The molecule has 3 aromatic rings. The van der Waals surface area contributed by atoms with Gasteiger partial charge in [0.05, 0.1) is 5.39 Å². The van der Waals surface area contributed by atoms with Crippen LogP contribution in [0.1, 0.15) is 66.8 Å². The van der Waals surface area contributed by atoms with Gasteiger partial charge in [0.1, 0.15) is 5.75 Å². The highest BCUT2D eigenvalue weighted by Crippen LogP contribution is 2.18. The van der Waals surface area contributed by atoms with E-state index in [0.29, 0.717) is 35.1 Å². The van der Waals surface area contributed by atoms with Gasteiger partial charge in [-0.2, -0.15) is 5.10 Å². The van der Waals surface area contributed by atoms with Gasteiger partial charge < -0.3 is 4.74 Å². The second-order valence-electron chi connectivity index (χ2n) is 7.17. The maximum Gasteiger partial charge on any atom is 0.364 e. The van der Waals surface area contributed by atoms with Crippen LogP contribution in [-0.4, -0.2) is 21.5 Å². The van der Waals surface area contributed by atoms with Crippen molar-refractivity contribution in [2.45, 2.75) is 52.5 Å². The topological polar surface area (TPSA) is 78.3 Å². The number of aromatic nitrogens is 2. The van der Waals surface area contributed by atoms with E-state index in [0.717, 1.165) is 25.7 Å². The molecule has 6 nitrogen and oxygen atoms in total. The molecule has 0 amide bonds. The highest BCUT2D eigenvalue weighted by Gasteiger charge is 2.19. The van der Waals surface area contributed by atoms with Gasteiger partial charge in [-0.25, -0.2) is 9.48 Å². The summed E-state index contributed by atoms with van der Waals surface area (Å²) in [6.45, 7) is 4.38. The van der Waals surface area contributed by atoms with Crippen LogP contribution >= 0.6 is 0 Å². The Morgan fingerprint density at radius 1 is 0.933 bits per heavy atom. The molecule has 6 heteroatoms. The standard InChI is InChI=1S/C24H26N2O4/c1-3-5-6-9-16-26-23(28)20-11-8-7-10-19(20)22(25-26)24(29)30-18-14-12-17(13-15-18)21(27)4-2/h7-8,10-15H,3-6,9,16H2,1-2H3. The third-order valence-corrected chi connectivity index (χ3v) is 4.99.